The number of hydrogen-bond donors (Lipinski definition) is 1. The van der Waals surface area contributed by atoms with Gasteiger partial charge in [-0.15, -0.1) is 11.3 Å². The first kappa shape index (κ1) is 15.0. The Morgan fingerprint density at radius 1 is 1.37 bits per heavy atom. The summed E-state index contributed by atoms with van der Waals surface area (Å²) < 4.78 is 0. The Bertz CT molecular complexity index is 367. The molecule has 1 fully saturated rings. The fourth-order valence-electron chi connectivity index (χ4n) is 2.77. The van der Waals surface area contributed by atoms with E-state index in [1.54, 1.807) is 0 Å². The summed E-state index contributed by atoms with van der Waals surface area (Å²) in [5, 5.41) is 5.85. The van der Waals surface area contributed by atoms with E-state index in [9.17, 15) is 0 Å². The molecule has 1 aliphatic carbocycles. The van der Waals surface area contributed by atoms with Gasteiger partial charge in [-0.05, 0) is 64.1 Å². The number of hydrogen-bond acceptors (Lipinski definition) is 3. The van der Waals surface area contributed by atoms with Gasteiger partial charge in [0.05, 0.1) is 0 Å². The van der Waals surface area contributed by atoms with Crippen molar-refractivity contribution < 1.29 is 0 Å². The molecule has 0 aliphatic heterocycles. The lowest BCUT2D eigenvalue weighted by Gasteiger charge is -2.45. The third kappa shape index (κ3) is 4.30. The van der Waals surface area contributed by atoms with Gasteiger partial charge in [0.15, 0.2) is 0 Å². The summed E-state index contributed by atoms with van der Waals surface area (Å²) >= 11 is 1.88. The normalized spacial score (nSPS) is 23.6. The number of nitrogens with zero attached hydrogens (tertiary/aromatic N) is 1. The molecule has 0 amide bonds. The van der Waals surface area contributed by atoms with E-state index in [2.05, 4.69) is 55.4 Å². The van der Waals surface area contributed by atoms with Crippen molar-refractivity contribution in [3.8, 4) is 0 Å². The van der Waals surface area contributed by atoms with E-state index in [0.29, 0.717) is 0 Å². The largest absolute Gasteiger partial charge is 0.312 e. The van der Waals surface area contributed by atoms with Crippen molar-refractivity contribution in [2.45, 2.75) is 58.7 Å². The summed E-state index contributed by atoms with van der Waals surface area (Å²) in [4.78, 5) is 4.15. The van der Waals surface area contributed by atoms with Crippen LogP contribution in [-0.4, -0.2) is 29.6 Å². The van der Waals surface area contributed by atoms with Gasteiger partial charge in [-0.2, -0.15) is 0 Å². The van der Waals surface area contributed by atoms with E-state index in [0.717, 1.165) is 31.6 Å². The SMILES string of the molecule is CCN(Cc1cccs1)C1CCC1CNC(C)(C)C. The molecule has 1 N–H and O–H groups in total. The highest BCUT2D eigenvalue weighted by molar-refractivity contribution is 7.09. The fraction of sp³-hybridized carbons (Fsp3) is 0.750. The van der Waals surface area contributed by atoms with Gasteiger partial charge >= 0.3 is 0 Å². The van der Waals surface area contributed by atoms with Crippen LogP contribution in [0.15, 0.2) is 17.5 Å². The third-order valence-corrected chi connectivity index (χ3v) is 4.95. The van der Waals surface area contributed by atoms with Gasteiger partial charge in [0.25, 0.3) is 0 Å². The van der Waals surface area contributed by atoms with Gasteiger partial charge < -0.3 is 5.32 Å². The average molecular weight is 280 g/mol. The first-order chi connectivity index (χ1) is 8.99. The van der Waals surface area contributed by atoms with Crippen LogP contribution in [0.4, 0.5) is 0 Å². The maximum absolute atomic E-state index is 3.67. The van der Waals surface area contributed by atoms with E-state index in [4.69, 9.17) is 0 Å². The van der Waals surface area contributed by atoms with Crippen molar-refractivity contribution in [1.29, 1.82) is 0 Å². The third-order valence-electron chi connectivity index (χ3n) is 4.09. The molecule has 0 saturated heterocycles. The zero-order valence-electron chi connectivity index (χ0n) is 12.8. The van der Waals surface area contributed by atoms with Crippen LogP contribution >= 0.6 is 11.3 Å². The summed E-state index contributed by atoms with van der Waals surface area (Å²) in [6.07, 6.45) is 2.75. The van der Waals surface area contributed by atoms with Crippen molar-refractivity contribution in [3.05, 3.63) is 22.4 Å². The molecule has 1 saturated carbocycles. The van der Waals surface area contributed by atoms with E-state index < -0.39 is 0 Å². The molecule has 108 valence electrons. The van der Waals surface area contributed by atoms with Crippen molar-refractivity contribution in [2.24, 2.45) is 5.92 Å². The Kier molecular flexibility index (Phi) is 5.04. The van der Waals surface area contributed by atoms with Crippen LogP contribution in [0.1, 0.15) is 45.4 Å². The molecule has 0 spiro atoms. The Morgan fingerprint density at radius 3 is 2.63 bits per heavy atom. The minimum absolute atomic E-state index is 0.241. The highest BCUT2D eigenvalue weighted by atomic mass is 32.1. The molecule has 19 heavy (non-hydrogen) atoms. The first-order valence-corrected chi connectivity index (χ1v) is 8.39. The molecule has 0 bridgehead atoms. The number of thiophene rings is 1. The summed E-state index contributed by atoms with van der Waals surface area (Å²) in [6, 6.07) is 5.20. The molecule has 2 unspecified atom stereocenters. The predicted octanol–water partition coefficient (Wildman–Crippen LogP) is 3.74. The van der Waals surface area contributed by atoms with Gasteiger partial charge in [0.1, 0.15) is 0 Å². The molecular formula is C16H28N2S. The zero-order valence-corrected chi connectivity index (χ0v) is 13.6. The molecule has 2 rings (SSSR count). The minimum atomic E-state index is 0.241. The summed E-state index contributed by atoms with van der Waals surface area (Å²) in [5.74, 6) is 0.833. The van der Waals surface area contributed by atoms with Gasteiger partial charge in [-0.3, -0.25) is 4.90 Å². The van der Waals surface area contributed by atoms with Crippen LogP contribution in [0.5, 0.6) is 0 Å². The number of rotatable bonds is 6. The van der Waals surface area contributed by atoms with Gasteiger partial charge in [-0.25, -0.2) is 0 Å². The lowest BCUT2D eigenvalue weighted by atomic mass is 9.78. The highest BCUT2D eigenvalue weighted by Crippen LogP contribution is 2.33. The molecule has 2 atom stereocenters. The molecule has 3 heteroatoms. The van der Waals surface area contributed by atoms with Crippen LogP contribution < -0.4 is 5.32 Å². The summed E-state index contributed by atoms with van der Waals surface area (Å²) in [5.41, 5.74) is 0.241. The highest BCUT2D eigenvalue weighted by Gasteiger charge is 2.35. The molecule has 2 nitrogen and oxygen atoms in total. The van der Waals surface area contributed by atoms with Crippen LogP contribution in [0, 0.1) is 5.92 Å². The molecule has 1 aromatic rings. The Balaban J connectivity index is 1.85. The maximum Gasteiger partial charge on any atom is 0.0330 e. The smallest absolute Gasteiger partial charge is 0.0330 e. The quantitative estimate of drug-likeness (QED) is 0.854. The molecular weight excluding hydrogens is 252 g/mol. The molecule has 1 heterocycles. The van der Waals surface area contributed by atoms with E-state index in [1.807, 2.05) is 11.3 Å². The second-order valence-corrected chi connectivity index (χ2v) is 7.71. The lowest BCUT2D eigenvalue weighted by molar-refractivity contribution is 0.0570. The minimum Gasteiger partial charge on any atom is -0.312 e. The monoisotopic (exact) mass is 280 g/mol. The van der Waals surface area contributed by atoms with Gasteiger partial charge in [0, 0.05) is 23.0 Å². The standard InChI is InChI=1S/C16H28N2S/c1-5-18(12-14-7-6-10-19-14)15-9-8-13(15)11-17-16(2,3)4/h6-7,10,13,15,17H,5,8-9,11-12H2,1-4H3. The van der Waals surface area contributed by atoms with Gasteiger partial charge in [0.2, 0.25) is 0 Å². The Hall–Kier alpha value is -0.380. The molecule has 0 aromatic carbocycles. The zero-order chi connectivity index (χ0) is 13.9. The first-order valence-electron chi connectivity index (χ1n) is 7.51. The van der Waals surface area contributed by atoms with Crippen LogP contribution in [0.2, 0.25) is 0 Å². The van der Waals surface area contributed by atoms with Crippen LogP contribution in [0.3, 0.4) is 0 Å². The topological polar surface area (TPSA) is 15.3 Å². The Labute approximate surface area is 122 Å². The van der Waals surface area contributed by atoms with Crippen molar-refractivity contribution >= 4 is 11.3 Å². The second-order valence-electron chi connectivity index (χ2n) is 6.68. The summed E-state index contributed by atoms with van der Waals surface area (Å²) in [6.45, 7) is 12.5. The Morgan fingerprint density at radius 2 is 2.16 bits per heavy atom. The fourth-order valence-corrected chi connectivity index (χ4v) is 3.50. The van der Waals surface area contributed by atoms with Crippen molar-refractivity contribution in [3.63, 3.8) is 0 Å². The van der Waals surface area contributed by atoms with Gasteiger partial charge in [-0.1, -0.05) is 13.0 Å². The van der Waals surface area contributed by atoms with E-state index >= 15 is 0 Å². The summed E-state index contributed by atoms with van der Waals surface area (Å²) in [7, 11) is 0. The molecule has 1 aliphatic rings. The van der Waals surface area contributed by atoms with Crippen molar-refractivity contribution in [2.75, 3.05) is 13.1 Å². The van der Waals surface area contributed by atoms with E-state index in [-0.39, 0.29) is 5.54 Å². The second kappa shape index (κ2) is 6.38. The van der Waals surface area contributed by atoms with Crippen LogP contribution in [0.25, 0.3) is 0 Å². The molecule has 0 radical (unpaired) electrons. The van der Waals surface area contributed by atoms with Crippen LogP contribution in [-0.2, 0) is 6.54 Å². The lowest BCUT2D eigenvalue weighted by Crippen LogP contribution is -2.52. The number of nitrogens with one attached hydrogen (secondary N) is 1. The van der Waals surface area contributed by atoms with E-state index in [1.165, 1.54) is 17.7 Å². The molecule has 1 aromatic heterocycles. The predicted molar refractivity (Wildman–Crippen MR) is 84.7 cm³/mol. The maximum atomic E-state index is 3.67. The van der Waals surface area contributed by atoms with Crippen molar-refractivity contribution in [1.82, 2.24) is 10.2 Å². The average Bonchev–Trinajstić information content (AvgIpc) is 2.77.